The van der Waals surface area contributed by atoms with E-state index in [0.717, 1.165) is 0 Å². The van der Waals surface area contributed by atoms with E-state index < -0.39 is 37.3 Å². The average Bonchev–Trinajstić information content (AvgIpc) is 3.09. The maximum Gasteiger partial charge on any atom is 0.186 e. The lowest BCUT2D eigenvalue weighted by Gasteiger charge is -2.39. The van der Waals surface area contributed by atoms with Gasteiger partial charge in [-0.3, -0.25) is 0 Å². The summed E-state index contributed by atoms with van der Waals surface area (Å²) < 4.78 is 15.2. The summed E-state index contributed by atoms with van der Waals surface area (Å²) in [5.74, 6) is 0. The summed E-state index contributed by atoms with van der Waals surface area (Å²) in [6, 6.07) is 0. The Labute approximate surface area is 92.2 Å². The fourth-order valence-electron chi connectivity index (χ4n) is 1.57. The van der Waals surface area contributed by atoms with Crippen LogP contribution >= 0.6 is 0 Å². The van der Waals surface area contributed by atoms with Crippen molar-refractivity contribution in [3.05, 3.63) is 0 Å². The van der Waals surface area contributed by atoms with Gasteiger partial charge in [-0.2, -0.15) is 0 Å². The Morgan fingerprint density at radius 2 is 1.81 bits per heavy atom. The van der Waals surface area contributed by atoms with Crippen LogP contribution in [0.1, 0.15) is 0 Å². The highest BCUT2D eigenvalue weighted by Crippen LogP contribution is 2.23. The third-order valence-corrected chi connectivity index (χ3v) is 2.70. The van der Waals surface area contributed by atoms with E-state index >= 15 is 0 Å². The first-order valence-electron chi connectivity index (χ1n) is 5.17. The lowest BCUT2D eigenvalue weighted by Crippen LogP contribution is -2.59. The van der Waals surface area contributed by atoms with Crippen LogP contribution < -0.4 is 0 Å². The molecule has 0 spiro atoms. The summed E-state index contributed by atoms with van der Waals surface area (Å²) in [5, 5.41) is 37.4. The highest BCUT2D eigenvalue weighted by Gasteiger charge is 2.44. The van der Waals surface area contributed by atoms with E-state index in [1.54, 1.807) is 0 Å². The molecule has 0 radical (unpaired) electrons. The SMILES string of the molecule is OC[C@H]1O[C@H](OCC2CO2)[C@H](O)[C@@H](O)[C@H]1O. The second-order valence-electron chi connectivity index (χ2n) is 3.99. The van der Waals surface area contributed by atoms with Gasteiger partial charge in [0.15, 0.2) is 6.29 Å². The second-order valence-corrected chi connectivity index (χ2v) is 3.99. The third kappa shape index (κ3) is 2.51. The molecular weight excluding hydrogens is 220 g/mol. The number of ether oxygens (including phenoxy) is 3. The van der Waals surface area contributed by atoms with Gasteiger partial charge in [-0.15, -0.1) is 0 Å². The van der Waals surface area contributed by atoms with Crippen LogP contribution in [0.5, 0.6) is 0 Å². The fraction of sp³-hybridized carbons (Fsp3) is 1.00. The number of hydrogen-bond donors (Lipinski definition) is 4. The van der Waals surface area contributed by atoms with Crippen molar-refractivity contribution in [1.29, 1.82) is 0 Å². The molecule has 6 atom stereocenters. The maximum absolute atomic E-state index is 9.57. The standard InChI is InChI=1S/C9H16O7/c10-1-5-6(11)7(12)8(13)9(16-5)15-3-4-2-14-4/h4-13H,1-3H2/t4?,5-,6+,7+,8-,9+/m1/s1. The van der Waals surface area contributed by atoms with Crippen LogP contribution in [0.3, 0.4) is 0 Å². The van der Waals surface area contributed by atoms with Crippen molar-refractivity contribution in [3.8, 4) is 0 Å². The minimum Gasteiger partial charge on any atom is -0.394 e. The third-order valence-electron chi connectivity index (χ3n) is 2.70. The average molecular weight is 236 g/mol. The number of hydrogen-bond acceptors (Lipinski definition) is 7. The monoisotopic (exact) mass is 236 g/mol. The Morgan fingerprint density at radius 3 is 2.38 bits per heavy atom. The fourth-order valence-corrected chi connectivity index (χ4v) is 1.57. The first kappa shape index (κ1) is 12.2. The molecule has 7 nitrogen and oxygen atoms in total. The van der Waals surface area contributed by atoms with Crippen LogP contribution in [0.15, 0.2) is 0 Å². The van der Waals surface area contributed by atoms with Gasteiger partial charge in [0.1, 0.15) is 30.5 Å². The molecule has 16 heavy (non-hydrogen) atoms. The molecule has 7 heteroatoms. The summed E-state index contributed by atoms with van der Waals surface area (Å²) in [6.07, 6.45) is -6.06. The van der Waals surface area contributed by atoms with E-state index in [1.807, 2.05) is 0 Å². The molecule has 0 aromatic carbocycles. The minimum atomic E-state index is -1.39. The molecule has 0 aromatic rings. The van der Waals surface area contributed by atoms with Crippen LogP contribution in [-0.2, 0) is 14.2 Å². The highest BCUT2D eigenvalue weighted by atomic mass is 16.7. The molecule has 2 saturated heterocycles. The lowest BCUT2D eigenvalue weighted by molar-refractivity contribution is -0.301. The van der Waals surface area contributed by atoms with E-state index in [4.69, 9.17) is 19.3 Å². The Hall–Kier alpha value is -0.280. The van der Waals surface area contributed by atoms with Gasteiger partial charge in [-0.1, -0.05) is 0 Å². The van der Waals surface area contributed by atoms with Gasteiger partial charge in [0.25, 0.3) is 0 Å². The molecular formula is C9H16O7. The van der Waals surface area contributed by atoms with Crippen molar-refractivity contribution in [2.75, 3.05) is 19.8 Å². The van der Waals surface area contributed by atoms with E-state index in [2.05, 4.69) is 0 Å². The molecule has 0 bridgehead atoms. The van der Waals surface area contributed by atoms with E-state index in [-0.39, 0.29) is 12.7 Å². The number of epoxide rings is 1. The summed E-state index contributed by atoms with van der Waals surface area (Å²) in [5.41, 5.74) is 0. The van der Waals surface area contributed by atoms with Crippen LogP contribution in [0, 0.1) is 0 Å². The van der Waals surface area contributed by atoms with Gasteiger partial charge >= 0.3 is 0 Å². The Balaban J connectivity index is 1.89. The molecule has 1 unspecified atom stereocenters. The van der Waals surface area contributed by atoms with Crippen molar-refractivity contribution in [2.24, 2.45) is 0 Å². The quantitative estimate of drug-likeness (QED) is 0.390. The lowest BCUT2D eigenvalue weighted by atomic mass is 9.99. The van der Waals surface area contributed by atoms with Gasteiger partial charge in [0, 0.05) is 0 Å². The van der Waals surface area contributed by atoms with Gasteiger partial charge < -0.3 is 34.6 Å². The first-order valence-corrected chi connectivity index (χ1v) is 5.17. The van der Waals surface area contributed by atoms with Crippen molar-refractivity contribution in [2.45, 2.75) is 36.8 Å². The maximum atomic E-state index is 9.57. The van der Waals surface area contributed by atoms with Gasteiger partial charge in [-0.05, 0) is 0 Å². The van der Waals surface area contributed by atoms with Gasteiger partial charge in [-0.25, -0.2) is 0 Å². The zero-order valence-corrected chi connectivity index (χ0v) is 8.60. The number of rotatable bonds is 4. The summed E-state index contributed by atoms with van der Waals surface area (Å²) in [6.45, 7) is 0.408. The number of aliphatic hydroxyl groups excluding tert-OH is 4. The minimum absolute atomic E-state index is 0.00682. The molecule has 0 saturated carbocycles. The normalized spacial score (nSPS) is 48.0. The second kappa shape index (κ2) is 4.92. The molecule has 0 amide bonds. The highest BCUT2D eigenvalue weighted by molar-refractivity contribution is 4.89. The molecule has 4 N–H and O–H groups in total. The van der Waals surface area contributed by atoms with Gasteiger partial charge in [0.2, 0.25) is 0 Å². The van der Waals surface area contributed by atoms with Crippen molar-refractivity contribution >= 4 is 0 Å². The van der Waals surface area contributed by atoms with E-state index in [0.29, 0.717) is 6.61 Å². The zero-order chi connectivity index (χ0) is 11.7. The predicted octanol–water partition coefficient (Wildman–Crippen LogP) is -2.80. The first-order chi connectivity index (χ1) is 7.63. The largest absolute Gasteiger partial charge is 0.394 e. The Kier molecular flexibility index (Phi) is 3.75. The smallest absolute Gasteiger partial charge is 0.186 e. The van der Waals surface area contributed by atoms with Gasteiger partial charge in [0.05, 0.1) is 19.8 Å². The Bertz CT molecular complexity index is 230. The predicted molar refractivity (Wildman–Crippen MR) is 49.5 cm³/mol. The summed E-state index contributed by atoms with van der Waals surface area (Å²) in [7, 11) is 0. The number of aliphatic hydroxyl groups is 4. The molecule has 2 aliphatic heterocycles. The summed E-state index contributed by atoms with van der Waals surface area (Å²) in [4.78, 5) is 0. The molecule has 94 valence electrons. The molecule has 0 aliphatic carbocycles. The van der Waals surface area contributed by atoms with Crippen LogP contribution in [0.25, 0.3) is 0 Å². The Morgan fingerprint density at radius 1 is 1.12 bits per heavy atom. The van der Waals surface area contributed by atoms with Crippen molar-refractivity contribution < 1.29 is 34.6 Å². The van der Waals surface area contributed by atoms with Crippen LogP contribution in [0.4, 0.5) is 0 Å². The van der Waals surface area contributed by atoms with E-state index in [1.165, 1.54) is 0 Å². The summed E-state index contributed by atoms with van der Waals surface area (Å²) >= 11 is 0. The topological polar surface area (TPSA) is 112 Å². The zero-order valence-electron chi connectivity index (χ0n) is 8.60. The van der Waals surface area contributed by atoms with Crippen molar-refractivity contribution in [3.63, 3.8) is 0 Å². The molecule has 2 aliphatic rings. The molecule has 2 heterocycles. The molecule has 2 fully saturated rings. The van der Waals surface area contributed by atoms with Crippen LogP contribution in [-0.4, -0.2) is 77.1 Å². The van der Waals surface area contributed by atoms with Crippen molar-refractivity contribution in [1.82, 2.24) is 0 Å². The molecule has 2 rings (SSSR count). The van der Waals surface area contributed by atoms with E-state index in [9.17, 15) is 15.3 Å². The van der Waals surface area contributed by atoms with Crippen LogP contribution in [0.2, 0.25) is 0 Å². The molecule has 0 aromatic heterocycles.